The molecule has 0 heterocycles. The molecule has 0 aliphatic rings. The van der Waals surface area contributed by atoms with Crippen LogP contribution in [-0.2, 0) is 6.42 Å². The van der Waals surface area contributed by atoms with Crippen LogP contribution in [0.2, 0.25) is 0 Å². The lowest BCUT2D eigenvalue weighted by Gasteiger charge is -2.03. The highest BCUT2D eigenvalue weighted by Crippen LogP contribution is 2.15. The Labute approximate surface area is 87.0 Å². The predicted octanol–water partition coefficient (Wildman–Crippen LogP) is 4.32. The molecule has 1 rings (SSSR count). The molecule has 0 N–H and O–H groups in total. The molecule has 0 aliphatic carbocycles. The zero-order chi connectivity index (χ0) is 10.4. The van der Waals surface area contributed by atoms with Crippen LogP contribution in [-0.4, -0.2) is 0 Å². The lowest BCUT2D eigenvalue weighted by Crippen LogP contribution is -1.85. The van der Waals surface area contributed by atoms with E-state index in [4.69, 9.17) is 0 Å². The van der Waals surface area contributed by atoms with Crippen LogP contribution >= 0.6 is 0 Å². The molecule has 0 saturated carbocycles. The average Bonchev–Trinajstić information content (AvgIpc) is 2.25. The Kier molecular flexibility index (Phi) is 4.18. The van der Waals surface area contributed by atoms with E-state index in [0.29, 0.717) is 0 Å². The van der Waals surface area contributed by atoms with Crippen LogP contribution in [0.5, 0.6) is 0 Å². The number of aryl methyl sites for hydroxylation is 1. The summed E-state index contributed by atoms with van der Waals surface area (Å²) in [6.45, 7) is 8.14. The highest BCUT2D eigenvalue weighted by molar-refractivity contribution is 5.65. The molecular weight excluding hydrogens is 168 g/mol. The number of hydrogen-bond acceptors (Lipinski definition) is 0. The van der Waals surface area contributed by atoms with Crippen LogP contribution in [0, 0.1) is 0 Å². The lowest BCUT2D eigenvalue weighted by atomic mass is 10.0. The summed E-state index contributed by atoms with van der Waals surface area (Å²) >= 11 is 0. The van der Waals surface area contributed by atoms with Gasteiger partial charge in [0.15, 0.2) is 0 Å². The van der Waals surface area contributed by atoms with E-state index < -0.39 is 0 Å². The summed E-state index contributed by atoms with van der Waals surface area (Å²) in [5.41, 5.74) is 3.87. The highest BCUT2D eigenvalue weighted by Gasteiger charge is 1.96. The van der Waals surface area contributed by atoms with Crippen molar-refractivity contribution in [1.29, 1.82) is 0 Å². The van der Waals surface area contributed by atoms with Gasteiger partial charge in [0.05, 0.1) is 0 Å². The maximum atomic E-state index is 3.82. The number of benzene rings is 1. The maximum Gasteiger partial charge on any atom is -0.0185 e. The molecule has 0 amide bonds. The molecule has 74 valence electrons. The average molecular weight is 186 g/mol. The Morgan fingerprint density at radius 2 is 2.00 bits per heavy atom. The van der Waals surface area contributed by atoms with Gasteiger partial charge >= 0.3 is 0 Å². The third kappa shape index (κ3) is 2.59. The van der Waals surface area contributed by atoms with E-state index in [1.807, 2.05) is 6.08 Å². The summed E-state index contributed by atoms with van der Waals surface area (Å²) < 4.78 is 0. The normalized spacial score (nSPS) is 10.7. The van der Waals surface area contributed by atoms with E-state index in [1.165, 1.54) is 16.7 Å². The van der Waals surface area contributed by atoms with Crippen molar-refractivity contribution in [3.8, 4) is 0 Å². The van der Waals surface area contributed by atoms with E-state index >= 15 is 0 Å². The molecule has 1 aromatic rings. The van der Waals surface area contributed by atoms with Gasteiger partial charge in [-0.25, -0.2) is 0 Å². The van der Waals surface area contributed by atoms with E-state index in [-0.39, 0.29) is 0 Å². The van der Waals surface area contributed by atoms with Crippen molar-refractivity contribution in [1.82, 2.24) is 0 Å². The fourth-order valence-corrected chi connectivity index (χ4v) is 1.42. The van der Waals surface area contributed by atoms with Crippen molar-refractivity contribution in [3.05, 3.63) is 47.5 Å². The summed E-state index contributed by atoms with van der Waals surface area (Å²) in [4.78, 5) is 0. The van der Waals surface area contributed by atoms with Crippen LogP contribution in [0.4, 0.5) is 0 Å². The van der Waals surface area contributed by atoms with Gasteiger partial charge in [0.25, 0.3) is 0 Å². The summed E-state index contributed by atoms with van der Waals surface area (Å²) in [5, 5.41) is 0. The second kappa shape index (κ2) is 5.43. The molecule has 0 fully saturated rings. The molecular formula is C14H18. The van der Waals surface area contributed by atoms with Crippen LogP contribution in [0.25, 0.3) is 12.2 Å². The van der Waals surface area contributed by atoms with Gasteiger partial charge in [-0.2, -0.15) is 0 Å². The van der Waals surface area contributed by atoms with Crippen molar-refractivity contribution in [2.75, 3.05) is 0 Å². The zero-order valence-corrected chi connectivity index (χ0v) is 9.09. The van der Waals surface area contributed by atoms with Gasteiger partial charge in [-0.15, -0.1) is 0 Å². The van der Waals surface area contributed by atoms with Crippen LogP contribution in [0.15, 0.2) is 30.9 Å². The molecule has 0 aromatic heterocycles. The first kappa shape index (κ1) is 10.8. The van der Waals surface area contributed by atoms with Crippen LogP contribution in [0.1, 0.15) is 37.0 Å². The first-order valence-corrected chi connectivity index (χ1v) is 5.23. The highest BCUT2D eigenvalue weighted by atomic mass is 14.0. The molecule has 0 aliphatic heterocycles. The summed E-state index contributed by atoms with van der Waals surface area (Å²) in [6, 6.07) is 6.55. The van der Waals surface area contributed by atoms with Crippen molar-refractivity contribution >= 4 is 12.2 Å². The molecule has 0 saturated heterocycles. The lowest BCUT2D eigenvalue weighted by molar-refractivity contribution is 1.14. The molecule has 0 radical (unpaired) electrons. The Morgan fingerprint density at radius 3 is 2.57 bits per heavy atom. The third-order valence-corrected chi connectivity index (χ3v) is 2.31. The smallest absolute Gasteiger partial charge is 0.0185 e. The van der Waals surface area contributed by atoms with Gasteiger partial charge < -0.3 is 0 Å². The second-order valence-electron chi connectivity index (χ2n) is 3.33. The van der Waals surface area contributed by atoms with Gasteiger partial charge in [-0.3, -0.25) is 0 Å². The molecule has 0 heteroatoms. The minimum Gasteiger partial charge on any atom is -0.0984 e. The Bertz CT molecular complexity index is 332. The maximum absolute atomic E-state index is 3.82. The molecule has 0 atom stereocenters. The Morgan fingerprint density at radius 1 is 1.21 bits per heavy atom. The predicted molar refractivity (Wildman–Crippen MR) is 65.2 cm³/mol. The van der Waals surface area contributed by atoms with Gasteiger partial charge in [0.2, 0.25) is 0 Å². The molecule has 0 unspecified atom stereocenters. The van der Waals surface area contributed by atoms with Gasteiger partial charge in [-0.05, 0) is 29.5 Å². The Balaban J connectivity index is 3.08. The van der Waals surface area contributed by atoms with Gasteiger partial charge in [0.1, 0.15) is 0 Å². The Hall–Kier alpha value is -1.30. The number of allylic oxidation sites excluding steroid dienone is 1. The second-order valence-corrected chi connectivity index (χ2v) is 3.33. The van der Waals surface area contributed by atoms with Crippen molar-refractivity contribution in [2.45, 2.75) is 26.7 Å². The van der Waals surface area contributed by atoms with Crippen molar-refractivity contribution in [3.63, 3.8) is 0 Å². The number of hydrogen-bond donors (Lipinski definition) is 0. The first-order valence-electron chi connectivity index (χ1n) is 5.23. The summed E-state index contributed by atoms with van der Waals surface area (Å²) in [5.74, 6) is 0. The molecule has 0 nitrogen and oxygen atoms in total. The van der Waals surface area contributed by atoms with Crippen molar-refractivity contribution < 1.29 is 0 Å². The van der Waals surface area contributed by atoms with Crippen molar-refractivity contribution in [2.24, 2.45) is 0 Å². The summed E-state index contributed by atoms with van der Waals surface area (Å²) in [7, 11) is 0. The van der Waals surface area contributed by atoms with Crippen LogP contribution in [0.3, 0.4) is 0 Å². The van der Waals surface area contributed by atoms with Gasteiger partial charge in [0, 0.05) is 0 Å². The van der Waals surface area contributed by atoms with Gasteiger partial charge in [-0.1, -0.05) is 56.9 Å². The molecule has 0 spiro atoms. The molecule has 14 heavy (non-hydrogen) atoms. The summed E-state index contributed by atoms with van der Waals surface area (Å²) in [6.07, 6.45) is 8.43. The zero-order valence-electron chi connectivity index (χ0n) is 9.09. The fourth-order valence-electron chi connectivity index (χ4n) is 1.42. The van der Waals surface area contributed by atoms with E-state index in [2.05, 4.69) is 50.8 Å². The standard InChI is InChI=1S/C14H18/c1-4-7-8-14-11-12(5-2)9-10-13(14)6-3/h6-11H,3-5H2,1-2H3/b8-7-. The monoisotopic (exact) mass is 186 g/mol. The van der Waals surface area contributed by atoms with E-state index in [0.717, 1.165) is 12.8 Å². The quantitative estimate of drug-likeness (QED) is 0.657. The topological polar surface area (TPSA) is 0 Å². The third-order valence-electron chi connectivity index (χ3n) is 2.31. The van der Waals surface area contributed by atoms with E-state index in [9.17, 15) is 0 Å². The molecule has 0 bridgehead atoms. The molecule has 1 aromatic carbocycles. The minimum atomic E-state index is 1.08. The first-order chi connectivity index (χ1) is 6.81. The fraction of sp³-hybridized carbons (Fsp3) is 0.286. The van der Waals surface area contributed by atoms with E-state index in [1.54, 1.807) is 0 Å². The number of rotatable bonds is 4. The SMILES string of the molecule is C=Cc1ccc(CC)cc1/C=C\CC. The van der Waals surface area contributed by atoms with Crippen LogP contribution < -0.4 is 0 Å². The minimum absolute atomic E-state index is 1.08. The largest absolute Gasteiger partial charge is 0.0984 e.